The molecule has 47 valence electrons. The number of halogens is 2. The minimum absolute atomic E-state index is 0.239. The summed E-state index contributed by atoms with van der Waals surface area (Å²) in [6.07, 6.45) is 0. The number of alkyl halides is 1. The van der Waals surface area contributed by atoms with Gasteiger partial charge in [-0.3, -0.25) is 0 Å². The van der Waals surface area contributed by atoms with Crippen LogP contribution in [0.2, 0.25) is 4.94 Å². The van der Waals surface area contributed by atoms with Crippen LogP contribution in [-0.2, 0) is 0 Å². The van der Waals surface area contributed by atoms with Crippen molar-refractivity contribution in [1.82, 2.24) is 0 Å². The van der Waals surface area contributed by atoms with Gasteiger partial charge >= 0.3 is 0 Å². The van der Waals surface area contributed by atoms with E-state index in [2.05, 4.69) is 21.1 Å². The van der Waals surface area contributed by atoms with Gasteiger partial charge in [0.25, 0.3) is 0 Å². The maximum absolute atomic E-state index is 5.72. The first kappa shape index (κ1) is 8.86. The lowest BCUT2D eigenvalue weighted by Gasteiger charge is -2.16. The Morgan fingerprint density at radius 3 is 2.25 bits per heavy atom. The Morgan fingerprint density at radius 1 is 1.62 bits per heavy atom. The topological polar surface area (TPSA) is 0 Å². The Balaban J connectivity index is 3.37. The summed E-state index contributed by atoms with van der Waals surface area (Å²) in [6.45, 7) is 4.24. The van der Waals surface area contributed by atoms with Crippen LogP contribution in [-0.4, -0.2) is 21.9 Å². The monoisotopic (exact) mass is 167 g/mol. The van der Waals surface area contributed by atoms with Gasteiger partial charge in [-0.05, 0) is 5.78 Å². The van der Waals surface area contributed by atoms with Gasteiger partial charge in [0.05, 0.1) is 0 Å². The van der Waals surface area contributed by atoms with Gasteiger partial charge in [-0.2, -0.15) is 11.1 Å². The molecular weight excluding hydrogens is 158 g/mol. The molecule has 0 saturated carbocycles. The molecule has 0 saturated heterocycles. The molecule has 0 rings (SSSR count). The van der Waals surface area contributed by atoms with E-state index in [1.54, 1.807) is 0 Å². The second-order valence-electron chi connectivity index (χ2n) is 2.48. The highest BCUT2D eigenvalue weighted by atomic mass is 35.6. The van der Waals surface area contributed by atoms with E-state index in [0.717, 1.165) is 0 Å². The third-order valence-corrected chi connectivity index (χ3v) is 4.17. The molecular formula is C4H10BCl2Si. The molecule has 0 aromatic heterocycles. The fourth-order valence-electron chi connectivity index (χ4n) is 0.263. The van der Waals surface area contributed by atoms with E-state index < -0.39 is 8.83 Å². The Bertz CT molecular complexity index is 67.1. The zero-order chi connectivity index (χ0) is 6.62. The quantitative estimate of drug-likeness (QED) is 0.339. The molecule has 0 aromatic rings. The molecule has 0 aliphatic heterocycles. The molecule has 0 bridgehead atoms. The van der Waals surface area contributed by atoms with Crippen LogP contribution in [0.4, 0.5) is 0 Å². The molecule has 0 fully saturated rings. The van der Waals surface area contributed by atoms with E-state index in [0.29, 0.717) is 5.78 Å². The van der Waals surface area contributed by atoms with Crippen molar-refractivity contribution >= 4 is 38.8 Å². The van der Waals surface area contributed by atoms with Gasteiger partial charge < -0.3 is 0 Å². The summed E-state index contributed by atoms with van der Waals surface area (Å²) < 4.78 is 0. The van der Waals surface area contributed by atoms with Crippen molar-refractivity contribution in [2.24, 2.45) is 0 Å². The number of hydrogen-bond donors (Lipinski definition) is 0. The highest BCUT2D eigenvalue weighted by molar-refractivity contribution is 6.99. The van der Waals surface area contributed by atoms with Crippen molar-refractivity contribution in [3.63, 3.8) is 0 Å². The molecule has 4 heteroatoms. The standard InChI is InChI=1S/C4H10BCl2Si/c1-4(2,8-7)5-3-6/h3,8H2,1-2H3. The fourth-order valence-corrected chi connectivity index (χ4v) is 1.44. The van der Waals surface area contributed by atoms with Crippen LogP contribution in [0.5, 0.6) is 0 Å². The molecule has 0 heterocycles. The molecule has 0 N–H and O–H groups in total. The molecule has 0 nitrogen and oxygen atoms in total. The Morgan fingerprint density at radius 2 is 2.12 bits per heavy atom. The molecule has 0 aromatic carbocycles. The first-order chi connectivity index (χ1) is 3.62. The summed E-state index contributed by atoms with van der Waals surface area (Å²) in [7, 11) is 1.63. The maximum atomic E-state index is 5.72. The lowest BCUT2D eigenvalue weighted by molar-refractivity contribution is 0.950. The molecule has 0 aliphatic carbocycles. The molecule has 1 radical (unpaired) electrons. The first-order valence-corrected chi connectivity index (χ1v) is 5.96. The fraction of sp³-hybridized carbons (Fsp3) is 1.00. The van der Waals surface area contributed by atoms with Crippen LogP contribution in [0, 0.1) is 0 Å². The van der Waals surface area contributed by atoms with E-state index in [-0.39, 0.29) is 4.94 Å². The second-order valence-corrected chi connectivity index (χ2v) is 5.68. The maximum Gasteiger partial charge on any atom is 0.134 e. The molecule has 0 atom stereocenters. The predicted molar refractivity (Wildman–Crippen MR) is 44.9 cm³/mol. The van der Waals surface area contributed by atoms with Crippen LogP contribution in [0.3, 0.4) is 0 Å². The largest absolute Gasteiger partial charge is 0.176 e. The van der Waals surface area contributed by atoms with Crippen molar-refractivity contribution in [2.45, 2.75) is 18.8 Å². The van der Waals surface area contributed by atoms with E-state index in [1.807, 2.05) is 0 Å². The third kappa shape index (κ3) is 3.81. The lowest BCUT2D eigenvalue weighted by Crippen LogP contribution is -2.18. The van der Waals surface area contributed by atoms with Gasteiger partial charge in [0.2, 0.25) is 0 Å². The zero-order valence-corrected chi connectivity index (χ0v) is 8.17. The highest BCUT2D eigenvalue weighted by Crippen LogP contribution is 2.21. The van der Waals surface area contributed by atoms with Crippen molar-refractivity contribution in [3.05, 3.63) is 0 Å². The van der Waals surface area contributed by atoms with Crippen LogP contribution < -0.4 is 0 Å². The highest BCUT2D eigenvalue weighted by Gasteiger charge is 2.16. The number of hydrogen-bond acceptors (Lipinski definition) is 0. The van der Waals surface area contributed by atoms with Crippen molar-refractivity contribution in [2.75, 3.05) is 5.78 Å². The minimum atomic E-state index is -0.437. The van der Waals surface area contributed by atoms with Crippen molar-refractivity contribution in [1.29, 1.82) is 0 Å². The third-order valence-electron chi connectivity index (χ3n) is 0.974. The molecule has 0 aliphatic rings. The smallest absolute Gasteiger partial charge is 0.134 e. The summed E-state index contributed by atoms with van der Waals surface area (Å²) in [4.78, 5) is 0.239. The normalized spacial score (nSPS) is 13.0. The average Bonchev–Trinajstić information content (AvgIpc) is 1.67. The van der Waals surface area contributed by atoms with Crippen molar-refractivity contribution in [3.8, 4) is 0 Å². The summed E-state index contributed by atoms with van der Waals surface area (Å²) in [5.74, 6) is 0.618. The molecule has 8 heavy (non-hydrogen) atoms. The SMILES string of the molecule is CC(C)([B]CCl)[SiH2]Cl. The van der Waals surface area contributed by atoms with Gasteiger partial charge in [-0.1, -0.05) is 18.8 Å². The van der Waals surface area contributed by atoms with E-state index in [1.165, 1.54) is 0 Å². The van der Waals surface area contributed by atoms with E-state index in [9.17, 15) is 0 Å². The van der Waals surface area contributed by atoms with Gasteiger partial charge in [0.15, 0.2) is 0 Å². The Labute approximate surface area is 63.7 Å². The Kier molecular flexibility index (Phi) is 4.22. The number of rotatable bonds is 3. The van der Waals surface area contributed by atoms with E-state index in [4.69, 9.17) is 22.7 Å². The van der Waals surface area contributed by atoms with Gasteiger partial charge in [0.1, 0.15) is 16.1 Å². The molecule has 0 amide bonds. The van der Waals surface area contributed by atoms with Gasteiger partial charge in [-0.25, -0.2) is 0 Å². The first-order valence-electron chi connectivity index (χ1n) is 2.58. The average molecular weight is 168 g/mol. The predicted octanol–water partition coefficient (Wildman–Crippen LogP) is 1.37. The van der Waals surface area contributed by atoms with Crippen LogP contribution in [0.15, 0.2) is 0 Å². The van der Waals surface area contributed by atoms with Crippen LogP contribution in [0.25, 0.3) is 0 Å². The zero-order valence-electron chi connectivity index (χ0n) is 5.25. The van der Waals surface area contributed by atoms with Gasteiger partial charge in [0, 0.05) is 0 Å². The molecule has 0 unspecified atom stereocenters. The van der Waals surface area contributed by atoms with Gasteiger partial charge in [-0.15, -0.1) is 11.6 Å². The van der Waals surface area contributed by atoms with E-state index >= 15 is 0 Å². The summed E-state index contributed by atoms with van der Waals surface area (Å²) in [6, 6.07) is 0. The van der Waals surface area contributed by atoms with Crippen molar-refractivity contribution < 1.29 is 0 Å². The summed E-state index contributed by atoms with van der Waals surface area (Å²) in [5.41, 5.74) is 0. The van der Waals surface area contributed by atoms with Crippen LogP contribution >= 0.6 is 22.7 Å². The summed E-state index contributed by atoms with van der Waals surface area (Å²) in [5, 5.41) is 0. The molecule has 0 spiro atoms. The Hall–Kier alpha value is 0.862. The van der Waals surface area contributed by atoms with Crippen LogP contribution in [0.1, 0.15) is 13.8 Å². The minimum Gasteiger partial charge on any atom is -0.176 e. The summed E-state index contributed by atoms with van der Waals surface area (Å²) >= 11 is 11.2. The second kappa shape index (κ2) is 3.81. The lowest BCUT2D eigenvalue weighted by atomic mass is 9.68.